The fourth-order valence-corrected chi connectivity index (χ4v) is 4.08. The van der Waals surface area contributed by atoms with Gasteiger partial charge in [-0.05, 0) is 30.5 Å². The minimum Gasteiger partial charge on any atom is -0.390 e. The highest BCUT2D eigenvalue weighted by Crippen LogP contribution is 2.24. The van der Waals surface area contributed by atoms with Gasteiger partial charge in [0.25, 0.3) is 0 Å². The van der Waals surface area contributed by atoms with Gasteiger partial charge in [0.15, 0.2) is 11.5 Å². The number of morpholine rings is 1. The van der Waals surface area contributed by atoms with Gasteiger partial charge in [0, 0.05) is 37.0 Å². The molecular formula is C24H28N6O2. The first kappa shape index (κ1) is 20.7. The van der Waals surface area contributed by atoms with Crippen LogP contribution in [0.2, 0.25) is 0 Å². The number of aliphatic hydroxyl groups is 1. The van der Waals surface area contributed by atoms with Gasteiger partial charge in [-0.2, -0.15) is 14.7 Å². The maximum absolute atomic E-state index is 9.58. The van der Waals surface area contributed by atoms with Crippen molar-refractivity contribution >= 4 is 11.5 Å². The summed E-state index contributed by atoms with van der Waals surface area (Å²) in [6.45, 7) is 5.00. The first-order valence-corrected chi connectivity index (χ1v) is 11.2. The van der Waals surface area contributed by atoms with E-state index >= 15 is 0 Å². The molecular weight excluding hydrogens is 404 g/mol. The Bertz CT molecular complexity index is 1210. The Balaban J connectivity index is 1.52. The summed E-state index contributed by atoms with van der Waals surface area (Å²) in [6.07, 6.45) is 5.40. The highest BCUT2D eigenvalue weighted by atomic mass is 16.5. The molecule has 5 rings (SSSR count). The van der Waals surface area contributed by atoms with E-state index in [1.165, 1.54) is 18.4 Å². The molecule has 4 heterocycles. The molecule has 8 nitrogen and oxygen atoms in total. The number of benzene rings is 1. The van der Waals surface area contributed by atoms with Crippen LogP contribution in [0.25, 0.3) is 22.7 Å². The van der Waals surface area contributed by atoms with E-state index in [-0.39, 0.29) is 6.61 Å². The van der Waals surface area contributed by atoms with E-state index in [1.54, 1.807) is 4.52 Å². The summed E-state index contributed by atoms with van der Waals surface area (Å²) in [4.78, 5) is 7.00. The van der Waals surface area contributed by atoms with Crippen molar-refractivity contribution in [2.75, 3.05) is 31.2 Å². The van der Waals surface area contributed by atoms with E-state index in [2.05, 4.69) is 41.2 Å². The van der Waals surface area contributed by atoms with Crippen LogP contribution in [0.1, 0.15) is 31.0 Å². The van der Waals surface area contributed by atoms with Crippen LogP contribution in [-0.4, -0.2) is 55.8 Å². The van der Waals surface area contributed by atoms with Crippen molar-refractivity contribution in [2.45, 2.75) is 32.8 Å². The molecule has 1 N–H and O–H groups in total. The smallest absolute Gasteiger partial charge is 0.160 e. The molecule has 1 aliphatic heterocycles. The van der Waals surface area contributed by atoms with Gasteiger partial charge >= 0.3 is 0 Å². The summed E-state index contributed by atoms with van der Waals surface area (Å²) >= 11 is 0. The Kier molecular flexibility index (Phi) is 5.87. The van der Waals surface area contributed by atoms with Gasteiger partial charge in [0.1, 0.15) is 5.82 Å². The summed E-state index contributed by atoms with van der Waals surface area (Å²) in [7, 11) is 0. The van der Waals surface area contributed by atoms with Crippen LogP contribution in [0.15, 0.2) is 48.7 Å². The van der Waals surface area contributed by atoms with Crippen LogP contribution in [0.4, 0.5) is 5.82 Å². The molecule has 1 fully saturated rings. The molecule has 0 atom stereocenters. The fraction of sp³-hybridized carbons (Fsp3) is 0.375. The second-order valence-corrected chi connectivity index (χ2v) is 8.09. The average molecular weight is 433 g/mol. The second kappa shape index (κ2) is 9.10. The van der Waals surface area contributed by atoms with E-state index in [9.17, 15) is 5.11 Å². The van der Waals surface area contributed by atoms with Gasteiger partial charge in [-0.15, -0.1) is 0 Å². The summed E-state index contributed by atoms with van der Waals surface area (Å²) in [5.74, 6) is 1.64. The van der Waals surface area contributed by atoms with E-state index in [1.807, 2.05) is 29.1 Å². The molecule has 0 spiro atoms. The van der Waals surface area contributed by atoms with Crippen molar-refractivity contribution in [2.24, 2.45) is 0 Å². The third kappa shape index (κ3) is 4.11. The van der Waals surface area contributed by atoms with Crippen molar-refractivity contribution in [1.29, 1.82) is 0 Å². The Hall–Kier alpha value is -3.23. The van der Waals surface area contributed by atoms with Crippen LogP contribution in [0, 0.1) is 0 Å². The van der Waals surface area contributed by atoms with Crippen molar-refractivity contribution in [3.8, 4) is 17.1 Å². The highest BCUT2D eigenvalue weighted by molar-refractivity contribution is 5.61. The number of anilines is 1. The number of unbranched alkanes of at least 4 members (excludes halogenated alkanes) is 1. The predicted molar refractivity (Wildman–Crippen MR) is 123 cm³/mol. The topological polar surface area (TPSA) is 80.7 Å². The SMILES string of the molecule is CCCCc1cccc(-c2ccn(-c3cc(N4CCOCC4)n4nc(CO)cc4n3)n2)c1. The lowest BCUT2D eigenvalue weighted by Gasteiger charge is -2.29. The molecule has 8 heteroatoms. The lowest BCUT2D eigenvalue weighted by Crippen LogP contribution is -2.37. The lowest BCUT2D eigenvalue weighted by atomic mass is 10.0. The van der Waals surface area contributed by atoms with Crippen molar-refractivity contribution in [3.63, 3.8) is 0 Å². The van der Waals surface area contributed by atoms with E-state index in [4.69, 9.17) is 14.8 Å². The molecule has 0 radical (unpaired) electrons. The van der Waals surface area contributed by atoms with Crippen molar-refractivity contribution in [1.82, 2.24) is 24.4 Å². The normalized spacial score (nSPS) is 14.4. The van der Waals surface area contributed by atoms with Crippen LogP contribution >= 0.6 is 0 Å². The zero-order chi connectivity index (χ0) is 21.9. The molecule has 0 amide bonds. The quantitative estimate of drug-likeness (QED) is 0.483. The molecule has 166 valence electrons. The van der Waals surface area contributed by atoms with Crippen LogP contribution < -0.4 is 4.90 Å². The molecule has 1 aromatic carbocycles. The van der Waals surface area contributed by atoms with E-state index in [0.717, 1.165) is 42.4 Å². The monoisotopic (exact) mass is 432 g/mol. The van der Waals surface area contributed by atoms with Crippen LogP contribution in [0.3, 0.4) is 0 Å². The van der Waals surface area contributed by atoms with Gasteiger partial charge in [-0.3, -0.25) is 0 Å². The maximum Gasteiger partial charge on any atom is 0.160 e. The third-order valence-electron chi connectivity index (χ3n) is 5.81. The summed E-state index contributed by atoms with van der Waals surface area (Å²) in [5.41, 5.74) is 4.64. The largest absolute Gasteiger partial charge is 0.390 e. The molecule has 0 bridgehead atoms. The number of fused-ring (bicyclic) bond motifs is 1. The molecule has 0 unspecified atom stereocenters. The first-order valence-electron chi connectivity index (χ1n) is 11.2. The van der Waals surface area contributed by atoms with Gasteiger partial charge in [0.05, 0.1) is 31.2 Å². The first-order chi connectivity index (χ1) is 15.7. The number of hydrogen-bond donors (Lipinski definition) is 1. The van der Waals surface area contributed by atoms with Gasteiger partial charge in [0.2, 0.25) is 0 Å². The molecule has 0 aliphatic carbocycles. The minimum absolute atomic E-state index is 0.123. The number of ether oxygens (including phenoxy) is 1. The fourth-order valence-electron chi connectivity index (χ4n) is 4.08. The number of aliphatic hydroxyl groups excluding tert-OH is 1. The second-order valence-electron chi connectivity index (χ2n) is 8.09. The number of aryl methyl sites for hydroxylation is 1. The molecule has 4 aromatic rings. The van der Waals surface area contributed by atoms with Gasteiger partial charge in [-0.1, -0.05) is 31.5 Å². The third-order valence-corrected chi connectivity index (χ3v) is 5.81. The van der Waals surface area contributed by atoms with Crippen LogP contribution in [0.5, 0.6) is 0 Å². The van der Waals surface area contributed by atoms with Crippen molar-refractivity contribution in [3.05, 3.63) is 59.9 Å². The standard InChI is InChI=1S/C24H28N6O2/c1-2-3-5-18-6-4-7-19(14-18)21-8-9-29(27-21)22-16-24(28-10-12-32-13-11-28)30-23(25-22)15-20(17-31)26-30/h4,6-9,14-16,31H,2-3,5,10-13,17H2,1H3. The summed E-state index contributed by atoms with van der Waals surface area (Å²) in [5, 5.41) is 18.9. The average Bonchev–Trinajstić information content (AvgIpc) is 3.50. The predicted octanol–water partition coefficient (Wildman–Crippen LogP) is 3.25. The zero-order valence-corrected chi connectivity index (χ0v) is 18.3. The maximum atomic E-state index is 9.58. The minimum atomic E-state index is -0.123. The zero-order valence-electron chi connectivity index (χ0n) is 18.3. The number of hydrogen-bond acceptors (Lipinski definition) is 6. The molecule has 0 saturated carbocycles. The van der Waals surface area contributed by atoms with Gasteiger partial charge in [-0.25, -0.2) is 9.67 Å². The summed E-state index contributed by atoms with van der Waals surface area (Å²) < 4.78 is 9.12. The number of nitrogens with zero attached hydrogens (tertiary/aromatic N) is 6. The number of rotatable bonds is 7. The number of aromatic nitrogens is 5. The highest BCUT2D eigenvalue weighted by Gasteiger charge is 2.19. The molecule has 1 saturated heterocycles. The Morgan fingerprint density at radius 3 is 2.75 bits per heavy atom. The lowest BCUT2D eigenvalue weighted by molar-refractivity contribution is 0.122. The summed E-state index contributed by atoms with van der Waals surface area (Å²) in [6, 6.07) is 14.4. The molecule has 3 aromatic heterocycles. The van der Waals surface area contributed by atoms with E-state index < -0.39 is 0 Å². The Morgan fingerprint density at radius 1 is 1.06 bits per heavy atom. The Labute approximate surface area is 187 Å². The molecule has 32 heavy (non-hydrogen) atoms. The van der Waals surface area contributed by atoms with Crippen molar-refractivity contribution < 1.29 is 9.84 Å². The van der Waals surface area contributed by atoms with Crippen LogP contribution in [-0.2, 0) is 17.8 Å². The van der Waals surface area contributed by atoms with E-state index in [0.29, 0.717) is 24.6 Å². The van der Waals surface area contributed by atoms with Gasteiger partial charge < -0.3 is 14.7 Å². The Morgan fingerprint density at radius 2 is 1.94 bits per heavy atom. The molecule has 1 aliphatic rings.